The average Bonchev–Trinajstić information content (AvgIpc) is 2.92. The molecule has 0 aromatic rings. The first-order valence-corrected chi connectivity index (χ1v) is 13.1. The molecule has 3 aliphatic rings. The fraction of sp³-hybridized carbons (Fsp3) is 0.955. The molecule has 16 atom stereocenters. The molecule has 0 radical (unpaired) electrons. The summed E-state index contributed by atoms with van der Waals surface area (Å²) in [6.07, 6.45) is -19.8. The largest absolute Gasteiger partial charge is 0.394 e. The van der Waals surface area contributed by atoms with Crippen LogP contribution in [-0.4, -0.2) is 164 Å². The molecule has 17 N–H and O–H groups in total. The molecule has 2 aliphatic heterocycles. The summed E-state index contributed by atoms with van der Waals surface area (Å²) in [5.74, 6) is -0.845. The molecule has 3 fully saturated rings. The molecule has 0 spiro atoms. The number of carbonyl (C=O) groups is 1. The number of nitrogens with one attached hydrogen (secondary N) is 1. The lowest BCUT2D eigenvalue weighted by atomic mass is 9.83. The van der Waals surface area contributed by atoms with Gasteiger partial charge in [0.25, 0.3) is 0 Å². The van der Waals surface area contributed by atoms with Gasteiger partial charge in [-0.05, 0) is 19.4 Å². The van der Waals surface area contributed by atoms with Crippen molar-refractivity contribution < 1.29 is 64.6 Å². The number of aliphatic hydroxyl groups is 8. The summed E-state index contributed by atoms with van der Waals surface area (Å²) in [6.45, 7) is -0.898. The van der Waals surface area contributed by atoms with Crippen LogP contribution in [0.1, 0.15) is 12.8 Å². The predicted octanol–water partition coefficient (Wildman–Crippen LogP) is -8.42. The van der Waals surface area contributed by atoms with E-state index in [2.05, 4.69) is 5.32 Å². The fourth-order valence-corrected chi connectivity index (χ4v) is 5.07. The first-order valence-electron chi connectivity index (χ1n) is 13.1. The van der Waals surface area contributed by atoms with E-state index >= 15 is 0 Å². The summed E-state index contributed by atoms with van der Waals surface area (Å²) in [4.78, 5) is 12.6. The van der Waals surface area contributed by atoms with Gasteiger partial charge in [-0.2, -0.15) is 0 Å². The lowest BCUT2D eigenvalue weighted by Crippen LogP contribution is -2.69. The smallest absolute Gasteiger partial charge is 0.249 e. The minimum Gasteiger partial charge on any atom is -0.394 e. The maximum Gasteiger partial charge on any atom is 0.249 e. The fourth-order valence-electron chi connectivity index (χ4n) is 5.07. The number of nitrogens with two attached hydrogens (primary N) is 4. The van der Waals surface area contributed by atoms with Gasteiger partial charge in [0.15, 0.2) is 12.6 Å². The maximum atomic E-state index is 12.6. The van der Waals surface area contributed by atoms with E-state index in [1.807, 2.05) is 0 Å². The van der Waals surface area contributed by atoms with Crippen LogP contribution in [-0.2, 0) is 23.7 Å². The van der Waals surface area contributed by atoms with Crippen molar-refractivity contribution in [3.05, 3.63) is 0 Å². The van der Waals surface area contributed by atoms with E-state index in [0.717, 1.165) is 0 Å². The Morgan fingerprint density at radius 1 is 0.850 bits per heavy atom. The number of hydrogen-bond acceptors (Lipinski definition) is 17. The second-order valence-corrected chi connectivity index (χ2v) is 10.3. The minimum atomic E-state index is -1.76. The molecule has 0 aromatic carbocycles. The molecule has 234 valence electrons. The molecule has 40 heavy (non-hydrogen) atoms. The molecule has 0 unspecified atom stereocenters. The summed E-state index contributed by atoms with van der Waals surface area (Å²) < 4.78 is 22.5. The van der Waals surface area contributed by atoms with Crippen molar-refractivity contribution in [2.24, 2.45) is 22.9 Å². The monoisotopic (exact) mass is 585 g/mol. The molecular weight excluding hydrogens is 542 g/mol. The molecule has 1 amide bonds. The van der Waals surface area contributed by atoms with Gasteiger partial charge in [-0.15, -0.1) is 0 Å². The van der Waals surface area contributed by atoms with Gasteiger partial charge in [0.1, 0.15) is 67.1 Å². The SMILES string of the molecule is NCC[C@H](O)C(=O)N[C@@H]1C[C@H](N)[C@H](O[C@@H]2O[C@H](CN)[C@H](O)[C@H](O)[C@@H]2O)[C@H](O)[C@@H]1O[C@@H]1O[C@H](CO)[C@H](O)[C@H](N)[C@@H]1O. The lowest BCUT2D eigenvalue weighted by Gasteiger charge is -2.49. The Labute approximate surface area is 229 Å². The third kappa shape index (κ3) is 7.06. The van der Waals surface area contributed by atoms with Crippen molar-refractivity contribution >= 4 is 5.91 Å². The van der Waals surface area contributed by atoms with Crippen molar-refractivity contribution in [1.29, 1.82) is 0 Å². The standard InChI is InChI=1S/C22H43N5O13/c23-2-1-8(29)20(36)27-7-3-6(25)18(39-22-16(34)15(33)13(31)9(4-24)37-22)17(35)19(7)40-21-14(32)11(26)12(30)10(5-28)38-21/h6-19,21-22,28-35H,1-5,23-26H2,(H,27,36)/t6-,7+,8-,9+,10+,11-,12-,13-,14-,15-,16-,17-,18-,19+,21-,22-/m0/s1. The van der Waals surface area contributed by atoms with Gasteiger partial charge in [-0.3, -0.25) is 4.79 Å². The average molecular weight is 586 g/mol. The second-order valence-electron chi connectivity index (χ2n) is 10.3. The van der Waals surface area contributed by atoms with Crippen molar-refractivity contribution in [1.82, 2.24) is 5.32 Å². The zero-order valence-corrected chi connectivity index (χ0v) is 21.7. The number of aliphatic hydroxyl groups excluding tert-OH is 8. The van der Waals surface area contributed by atoms with Crippen molar-refractivity contribution in [3.63, 3.8) is 0 Å². The Morgan fingerprint density at radius 3 is 2.05 bits per heavy atom. The molecule has 0 bridgehead atoms. The highest BCUT2D eigenvalue weighted by Crippen LogP contribution is 2.32. The van der Waals surface area contributed by atoms with E-state index < -0.39 is 110 Å². The highest BCUT2D eigenvalue weighted by atomic mass is 16.7. The van der Waals surface area contributed by atoms with Crippen molar-refractivity contribution in [3.8, 4) is 0 Å². The van der Waals surface area contributed by atoms with Crippen LogP contribution >= 0.6 is 0 Å². The van der Waals surface area contributed by atoms with Crippen LogP contribution in [0, 0.1) is 0 Å². The Morgan fingerprint density at radius 2 is 1.45 bits per heavy atom. The highest BCUT2D eigenvalue weighted by Gasteiger charge is 2.52. The van der Waals surface area contributed by atoms with Gasteiger partial charge in [-0.1, -0.05) is 0 Å². The molecule has 18 heteroatoms. The van der Waals surface area contributed by atoms with Gasteiger partial charge in [0, 0.05) is 12.6 Å². The van der Waals surface area contributed by atoms with Crippen LogP contribution in [0.2, 0.25) is 0 Å². The molecule has 0 aromatic heterocycles. The van der Waals surface area contributed by atoms with Crippen LogP contribution < -0.4 is 28.3 Å². The number of hydrogen-bond donors (Lipinski definition) is 13. The molecule has 18 nitrogen and oxygen atoms in total. The van der Waals surface area contributed by atoms with Gasteiger partial charge >= 0.3 is 0 Å². The Bertz CT molecular complexity index is 815. The molecule has 1 aliphatic carbocycles. The number of rotatable bonds is 10. The Balaban J connectivity index is 1.85. The normalized spacial score (nSPS) is 47.0. The van der Waals surface area contributed by atoms with Crippen molar-refractivity contribution in [2.45, 2.75) is 111 Å². The molecular formula is C22H43N5O13. The van der Waals surface area contributed by atoms with Gasteiger partial charge in [-0.25, -0.2) is 0 Å². The first-order chi connectivity index (χ1) is 18.9. The summed E-state index contributed by atoms with van der Waals surface area (Å²) in [5, 5.41) is 84.9. The van der Waals surface area contributed by atoms with Crippen molar-refractivity contribution in [2.75, 3.05) is 19.7 Å². The van der Waals surface area contributed by atoms with E-state index in [0.29, 0.717) is 0 Å². The lowest BCUT2D eigenvalue weighted by molar-refractivity contribution is -0.332. The van der Waals surface area contributed by atoms with Gasteiger partial charge < -0.3 is 88.1 Å². The quantitative estimate of drug-likeness (QED) is 0.113. The van der Waals surface area contributed by atoms with Crippen LogP contribution in [0.3, 0.4) is 0 Å². The van der Waals surface area contributed by atoms with Crippen LogP contribution in [0.25, 0.3) is 0 Å². The van der Waals surface area contributed by atoms with E-state index in [4.69, 9.17) is 41.9 Å². The highest BCUT2D eigenvalue weighted by molar-refractivity contribution is 5.80. The third-order valence-corrected chi connectivity index (χ3v) is 7.51. The van der Waals surface area contributed by atoms with Crippen LogP contribution in [0.5, 0.6) is 0 Å². The summed E-state index contributed by atoms with van der Waals surface area (Å²) in [5.41, 5.74) is 23.1. The zero-order valence-electron chi connectivity index (χ0n) is 21.7. The van der Waals surface area contributed by atoms with E-state index in [-0.39, 0.29) is 25.9 Å². The van der Waals surface area contributed by atoms with E-state index in [9.17, 15) is 45.6 Å². The van der Waals surface area contributed by atoms with Crippen LogP contribution in [0.15, 0.2) is 0 Å². The minimum absolute atomic E-state index is 0.0101. The third-order valence-electron chi connectivity index (χ3n) is 7.51. The number of ether oxygens (including phenoxy) is 4. The number of amides is 1. The molecule has 2 saturated heterocycles. The Hall–Kier alpha value is -1.17. The summed E-state index contributed by atoms with van der Waals surface area (Å²) in [6, 6.07) is -3.45. The second kappa shape index (κ2) is 14.3. The predicted molar refractivity (Wildman–Crippen MR) is 131 cm³/mol. The number of carbonyl (C=O) groups excluding carboxylic acids is 1. The maximum absolute atomic E-state index is 12.6. The molecule has 2 heterocycles. The van der Waals surface area contributed by atoms with E-state index in [1.54, 1.807) is 0 Å². The summed E-state index contributed by atoms with van der Waals surface area (Å²) >= 11 is 0. The zero-order chi connectivity index (χ0) is 29.9. The summed E-state index contributed by atoms with van der Waals surface area (Å²) in [7, 11) is 0. The Kier molecular flexibility index (Phi) is 11.9. The first kappa shape index (κ1) is 33.3. The van der Waals surface area contributed by atoms with Gasteiger partial charge in [0.2, 0.25) is 5.91 Å². The molecule has 1 saturated carbocycles. The molecule has 3 rings (SSSR count). The van der Waals surface area contributed by atoms with Gasteiger partial charge in [0.05, 0.1) is 18.7 Å². The van der Waals surface area contributed by atoms with Crippen LogP contribution in [0.4, 0.5) is 0 Å². The van der Waals surface area contributed by atoms with E-state index in [1.165, 1.54) is 0 Å². The topological polar surface area (TPSA) is 332 Å².